The fourth-order valence-corrected chi connectivity index (χ4v) is 2.83. The van der Waals surface area contributed by atoms with Gasteiger partial charge in [0, 0.05) is 35.9 Å². The Morgan fingerprint density at radius 2 is 2.04 bits per heavy atom. The van der Waals surface area contributed by atoms with E-state index in [1.54, 1.807) is 12.2 Å². The normalized spacial score (nSPS) is 12.9. The summed E-state index contributed by atoms with van der Waals surface area (Å²) < 4.78 is 50.9. The molecule has 0 aliphatic rings. The van der Waals surface area contributed by atoms with E-state index in [4.69, 9.17) is 8.85 Å². The highest BCUT2D eigenvalue weighted by atomic mass is 32.2. The van der Waals surface area contributed by atoms with Crippen molar-refractivity contribution in [2.45, 2.75) is 18.2 Å². The summed E-state index contributed by atoms with van der Waals surface area (Å²) >= 11 is 0. The second kappa shape index (κ2) is 8.61. The number of nitrogens with one attached hydrogen (secondary N) is 3. The zero-order valence-electron chi connectivity index (χ0n) is 18.2. The quantitative estimate of drug-likeness (QED) is 0.598. The van der Waals surface area contributed by atoms with E-state index < -0.39 is 34.3 Å². The summed E-state index contributed by atoms with van der Waals surface area (Å²) in [4.78, 5) is 27.9. The van der Waals surface area contributed by atoms with Crippen LogP contribution in [0.5, 0.6) is 5.88 Å². The molecule has 0 saturated heterocycles. The molecule has 150 valence electrons. The smallest absolute Gasteiger partial charge is 0.273 e. The van der Waals surface area contributed by atoms with Crippen LogP contribution in [0.1, 0.15) is 27.9 Å². The van der Waals surface area contributed by atoms with Crippen molar-refractivity contribution in [2.24, 2.45) is 0 Å². The first-order valence-corrected chi connectivity index (χ1v) is 9.75. The monoisotopic (exact) mass is 411 g/mol. The zero-order valence-corrected chi connectivity index (χ0v) is 16.0. The van der Waals surface area contributed by atoms with Crippen LogP contribution < -0.4 is 20.7 Å². The Balaban J connectivity index is 2.60. The molecule has 2 aromatic rings. The van der Waals surface area contributed by atoms with Crippen molar-refractivity contribution in [3.63, 3.8) is 0 Å². The Labute approximate surface area is 166 Å². The Kier molecular flexibility index (Phi) is 5.18. The minimum Gasteiger partial charge on any atom is -0.481 e. The van der Waals surface area contributed by atoms with E-state index in [1.807, 2.05) is 0 Å². The average molecular weight is 411 g/mol. The number of nitrogens with zero attached hydrogens (tertiary/aromatic N) is 3. The Morgan fingerprint density at radius 3 is 2.64 bits per heavy atom. The van der Waals surface area contributed by atoms with E-state index in [9.17, 15) is 18.0 Å². The minimum absolute atomic E-state index is 0.0522. The second-order valence-electron chi connectivity index (χ2n) is 5.45. The third-order valence-corrected chi connectivity index (χ3v) is 4.53. The molecule has 0 radical (unpaired) electrons. The van der Waals surface area contributed by atoms with Gasteiger partial charge in [-0.25, -0.2) is 8.42 Å². The van der Waals surface area contributed by atoms with Crippen LogP contribution in [0.15, 0.2) is 23.1 Å². The summed E-state index contributed by atoms with van der Waals surface area (Å²) in [5, 5.41) is 14.2. The number of aromatic nitrogens is 3. The number of hydrogen-bond acceptors (Lipinski definition) is 9. The number of hydrogen-bond donors (Lipinski definition) is 3. The molecule has 0 aliphatic heterocycles. The molecule has 0 atom stereocenters. The lowest BCUT2D eigenvalue weighted by atomic mass is 10.3. The van der Waals surface area contributed by atoms with Gasteiger partial charge in [-0.1, -0.05) is 6.92 Å². The standard InChI is InChI=1S/C16H20N6O5S/c1-5-12(23)19-11-8-9(14(22-21-11)16(24)17-2)18-15-10(28(4,25)26)6-7-13(20-15)27-3/h6-8H,5H2,1-4H3,(H,17,24)(H2,18,19,20,21,23)/i2D3. The highest BCUT2D eigenvalue weighted by Crippen LogP contribution is 2.28. The molecule has 2 rings (SSSR count). The van der Waals surface area contributed by atoms with Gasteiger partial charge in [0.25, 0.3) is 5.91 Å². The summed E-state index contributed by atoms with van der Waals surface area (Å²) in [6, 6.07) is 3.78. The van der Waals surface area contributed by atoms with Gasteiger partial charge >= 0.3 is 0 Å². The van der Waals surface area contributed by atoms with E-state index in [1.165, 1.54) is 25.3 Å². The summed E-state index contributed by atoms with van der Waals surface area (Å²) in [6.45, 7) is -1.20. The fourth-order valence-electron chi connectivity index (χ4n) is 2.06. The van der Waals surface area contributed by atoms with Gasteiger partial charge < -0.3 is 20.7 Å². The van der Waals surface area contributed by atoms with Crippen LogP contribution in [-0.2, 0) is 14.6 Å². The summed E-state index contributed by atoms with van der Waals surface area (Å²) in [5.74, 6) is -1.68. The molecule has 0 aliphatic carbocycles. The van der Waals surface area contributed by atoms with Crippen LogP contribution in [0, 0.1) is 0 Å². The highest BCUT2D eigenvalue weighted by Gasteiger charge is 2.20. The summed E-state index contributed by atoms with van der Waals surface area (Å²) in [7, 11) is -2.42. The molecule has 11 nitrogen and oxygen atoms in total. The van der Waals surface area contributed by atoms with Gasteiger partial charge in [0.05, 0.1) is 12.8 Å². The first-order valence-electron chi connectivity index (χ1n) is 9.36. The third-order valence-electron chi connectivity index (χ3n) is 3.41. The second-order valence-corrected chi connectivity index (χ2v) is 7.43. The Morgan fingerprint density at radius 1 is 1.29 bits per heavy atom. The molecule has 0 bridgehead atoms. The molecular weight excluding hydrogens is 388 g/mol. The topological polar surface area (TPSA) is 152 Å². The predicted octanol–water partition coefficient (Wildman–Crippen LogP) is 0.735. The highest BCUT2D eigenvalue weighted by molar-refractivity contribution is 7.90. The maximum atomic E-state index is 12.4. The van der Waals surface area contributed by atoms with Gasteiger partial charge in [-0.05, 0) is 6.07 Å². The lowest BCUT2D eigenvalue weighted by Crippen LogP contribution is -2.22. The van der Waals surface area contributed by atoms with Crippen LogP contribution in [-0.4, -0.2) is 55.8 Å². The van der Waals surface area contributed by atoms with Gasteiger partial charge in [-0.3, -0.25) is 9.59 Å². The molecule has 0 unspecified atom stereocenters. The Bertz CT molecular complexity index is 1110. The average Bonchev–Trinajstić information content (AvgIpc) is 2.65. The summed E-state index contributed by atoms with van der Waals surface area (Å²) in [6.07, 6.45) is 1.10. The van der Waals surface area contributed by atoms with Gasteiger partial charge in [0.15, 0.2) is 27.2 Å². The number of carbonyl (C=O) groups is 2. The molecule has 2 heterocycles. The molecule has 0 fully saturated rings. The molecule has 0 aromatic carbocycles. The van der Waals surface area contributed by atoms with E-state index in [0.717, 1.165) is 6.26 Å². The van der Waals surface area contributed by atoms with Crippen molar-refractivity contribution >= 4 is 39.0 Å². The van der Waals surface area contributed by atoms with Crippen molar-refractivity contribution in [3.8, 4) is 5.88 Å². The van der Waals surface area contributed by atoms with Gasteiger partial charge in [0.1, 0.15) is 4.90 Å². The van der Waals surface area contributed by atoms with E-state index in [2.05, 4.69) is 25.8 Å². The van der Waals surface area contributed by atoms with Crippen molar-refractivity contribution in [3.05, 3.63) is 23.9 Å². The number of rotatable bonds is 7. The SMILES string of the molecule is [2H]C([2H])([2H])NC(=O)c1nnc(NC(=O)CC)cc1Nc1nc(OC)ccc1S(C)(=O)=O. The van der Waals surface area contributed by atoms with Crippen molar-refractivity contribution in [1.29, 1.82) is 0 Å². The number of ether oxygens (including phenoxy) is 1. The first kappa shape index (κ1) is 16.9. The largest absolute Gasteiger partial charge is 0.481 e. The number of amides is 2. The first-order chi connectivity index (χ1) is 14.3. The number of methoxy groups -OCH3 is 1. The van der Waals surface area contributed by atoms with Gasteiger partial charge in [-0.15, -0.1) is 10.2 Å². The number of sulfone groups is 1. The maximum absolute atomic E-state index is 12.4. The summed E-state index contributed by atoms with van der Waals surface area (Å²) in [5.41, 5.74) is -0.608. The molecule has 28 heavy (non-hydrogen) atoms. The molecule has 0 saturated carbocycles. The van der Waals surface area contributed by atoms with Crippen LogP contribution in [0.2, 0.25) is 0 Å². The van der Waals surface area contributed by atoms with E-state index in [0.29, 0.717) is 0 Å². The molecule has 2 aromatic heterocycles. The lowest BCUT2D eigenvalue weighted by Gasteiger charge is -2.14. The van der Waals surface area contributed by atoms with E-state index in [-0.39, 0.29) is 34.5 Å². The van der Waals surface area contributed by atoms with Crippen molar-refractivity contribution < 1.29 is 26.9 Å². The Hall–Kier alpha value is -3.28. The van der Waals surface area contributed by atoms with Crippen LogP contribution >= 0.6 is 0 Å². The zero-order chi connectivity index (χ0) is 23.4. The lowest BCUT2D eigenvalue weighted by molar-refractivity contribution is -0.115. The molecule has 12 heteroatoms. The molecule has 3 N–H and O–H groups in total. The third kappa shape index (κ3) is 4.91. The minimum atomic E-state index is -3.75. The number of anilines is 3. The number of pyridine rings is 1. The molecule has 2 amide bonds. The van der Waals surface area contributed by atoms with Crippen LogP contribution in [0.3, 0.4) is 0 Å². The van der Waals surface area contributed by atoms with E-state index >= 15 is 0 Å². The van der Waals surface area contributed by atoms with Crippen molar-refractivity contribution in [1.82, 2.24) is 20.5 Å². The fraction of sp³-hybridized carbons (Fsp3) is 0.312. The maximum Gasteiger partial charge on any atom is 0.273 e. The van der Waals surface area contributed by atoms with Crippen molar-refractivity contribution in [2.75, 3.05) is 31.0 Å². The van der Waals surface area contributed by atoms with Gasteiger partial charge in [-0.2, -0.15) is 4.98 Å². The van der Waals surface area contributed by atoms with Crippen LogP contribution in [0.25, 0.3) is 0 Å². The molecule has 0 spiro atoms. The molecular formula is C16H20N6O5S. The van der Waals surface area contributed by atoms with Crippen LogP contribution in [0.4, 0.5) is 17.3 Å². The predicted molar refractivity (Wildman–Crippen MR) is 102 cm³/mol. The van der Waals surface area contributed by atoms with Gasteiger partial charge in [0.2, 0.25) is 11.8 Å². The number of carbonyl (C=O) groups excluding carboxylic acids is 2.